The summed E-state index contributed by atoms with van der Waals surface area (Å²) in [5.41, 5.74) is 7.44. The Morgan fingerprint density at radius 1 is 1.13 bits per heavy atom. The van der Waals surface area contributed by atoms with Crippen molar-refractivity contribution in [3.05, 3.63) is 54.2 Å². The quantitative estimate of drug-likeness (QED) is 0.435. The number of pyridine rings is 3. The Bertz CT molecular complexity index is 1450. The number of hydrogen-bond donors (Lipinski definition) is 2. The Morgan fingerprint density at radius 3 is 2.50 bits per heavy atom. The summed E-state index contributed by atoms with van der Waals surface area (Å²) in [6, 6.07) is 11.5. The van der Waals surface area contributed by atoms with Crippen molar-refractivity contribution in [2.24, 2.45) is 5.41 Å². The number of nitrogen functional groups attached to an aromatic ring is 1. The van der Waals surface area contributed by atoms with Gasteiger partial charge in [0.25, 0.3) is 15.9 Å². The van der Waals surface area contributed by atoms with Gasteiger partial charge in [0, 0.05) is 36.8 Å². The standard InChI is InChI=1S/C27H32N6O4S.H2/c1-17-7-8-18(2)33(17)25-20(26(34)32-38(35,36)24-6-4-5-22(28)31-24)10-11-21(30-25)19-9-12-23(29-15-19)37-16-27(3)13-14-27;/h4-6,9-12,15,17-18H,7-8,13-14,16H2,1-3H3,(H2,28,31)(H,32,34);1H/t17-,18+;. The molecule has 202 valence electrons. The van der Waals surface area contributed by atoms with E-state index >= 15 is 0 Å². The highest BCUT2D eigenvalue weighted by Crippen LogP contribution is 2.45. The number of sulfonamides is 1. The van der Waals surface area contributed by atoms with Crippen LogP contribution in [-0.4, -0.2) is 48.0 Å². The molecule has 1 saturated heterocycles. The zero-order valence-electron chi connectivity index (χ0n) is 21.7. The van der Waals surface area contributed by atoms with Crippen molar-refractivity contribution >= 4 is 27.6 Å². The van der Waals surface area contributed by atoms with E-state index in [1.807, 2.05) is 12.1 Å². The average molecular weight is 539 g/mol. The van der Waals surface area contributed by atoms with Gasteiger partial charge >= 0.3 is 0 Å². The summed E-state index contributed by atoms with van der Waals surface area (Å²) in [5, 5.41) is -0.330. The van der Waals surface area contributed by atoms with Gasteiger partial charge in [-0.15, -0.1) is 0 Å². The van der Waals surface area contributed by atoms with Crippen LogP contribution in [0.4, 0.5) is 11.6 Å². The van der Waals surface area contributed by atoms with Gasteiger partial charge in [0.1, 0.15) is 11.6 Å². The summed E-state index contributed by atoms with van der Waals surface area (Å²) in [5.74, 6) is 0.235. The molecule has 0 spiro atoms. The third-order valence-corrected chi connectivity index (χ3v) is 8.50. The number of nitrogens with zero attached hydrogens (tertiary/aromatic N) is 4. The molecule has 0 radical (unpaired) electrons. The molecule has 3 aromatic rings. The Kier molecular flexibility index (Phi) is 6.72. The van der Waals surface area contributed by atoms with Crippen molar-refractivity contribution in [3.63, 3.8) is 0 Å². The zero-order chi connectivity index (χ0) is 27.1. The molecular formula is C27H34N6O4S. The van der Waals surface area contributed by atoms with Gasteiger partial charge in [-0.2, -0.15) is 8.42 Å². The smallest absolute Gasteiger partial charge is 0.281 e. The summed E-state index contributed by atoms with van der Waals surface area (Å²) < 4.78 is 33.7. The lowest BCUT2D eigenvalue weighted by molar-refractivity contribution is 0.0981. The van der Waals surface area contributed by atoms with Crippen LogP contribution in [0.3, 0.4) is 0 Å². The highest BCUT2D eigenvalue weighted by Gasteiger charge is 2.38. The molecule has 2 atom stereocenters. The van der Waals surface area contributed by atoms with Crippen molar-refractivity contribution in [3.8, 4) is 17.1 Å². The Labute approximate surface area is 224 Å². The molecule has 3 N–H and O–H groups in total. The lowest BCUT2D eigenvalue weighted by Crippen LogP contribution is -2.37. The normalized spacial score (nSPS) is 20.2. The molecule has 3 aromatic heterocycles. The van der Waals surface area contributed by atoms with Crippen LogP contribution in [0.15, 0.2) is 53.7 Å². The van der Waals surface area contributed by atoms with Gasteiger partial charge in [0.05, 0.1) is 17.9 Å². The summed E-state index contributed by atoms with van der Waals surface area (Å²) in [6.45, 7) is 6.98. The molecule has 1 aliphatic heterocycles. The van der Waals surface area contributed by atoms with Crippen molar-refractivity contribution in [2.45, 2.75) is 63.6 Å². The van der Waals surface area contributed by atoms with E-state index in [-0.39, 0.29) is 35.3 Å². The van der Waals surface area contributed by atoms with Crippen LogP contribution in [-0.2, 0) is 10.0 Å². The van der Waals surface area contributed by atoms with Crippen LogP contribution in [0.2, 0.25) is 0 Å². The maximum absolute atomic E-state index is 13.3. The van der Waals surface area contributed by atoms with E-state index in [0.29, 0.717) is 24.0 Å². The number of aromatic nitrogens is 3. The van der Waals surface area contributed by atoms with Crippen molar-refractivity contribution in [1.29, 1.82) is 0 Å². The zero-order valence-corrected chi connectivity index (χ0v) is 22.5. The first-order valence-electron chi connectivity index (χ1n) is 12.7. The van der Waals surface area contributed by atoms with Crippen LogP contribution in [0.5, 0.6) is 5.88 Å². The fourth-order valence-electron chi connectivity index (χ4n) is 4.63. The van der Waals surface area contributed by atoms with Crippen LogP contribution < -0.4 is 20.1 Å². The van der Waals surface area contributed by atoms with Crippen LogP contribution in [0, 0.1) is 5.41 Å². The second kappa shape index (κ2) is 9.86. The minimum Gasteiger partial charge on any atom is -0.477 e. The Morgan fingerprint density at radius 2 is 1.87 bits per heavy atom. The van der Waals surface area contributed by atoms with Gasteiger partial charge in [-0.3, -0.25) is 4.79 Å². The topological polar surface area (TPSA) is 140 Å². The monoisotopic (exact) mass is 538 g/mol. The van der Waals surface area contributed by atoms with Gasteiger partial charge < -0.3 is 15.4 Å². The number of carbonyl (C=O) groups excluding carboxylic acids is 1. The average Bonchev–Trinajstić information content (AvgIpc) is 3.54. The van der Waals surface area contributed by atoms with Crippen LogP contribution >= 0.6 is 0 Å². The molecule has 5 rings (SSSR count). The highest BCUT2D eigenvalue weighted by atomic mass is 32.2. The summed E-state index contributed by atoms with van der Waals surface area (Å²) in [7, 11) is -4.24. The predicted molar refractivity (Wildman–Crippen MR) is 146 cm³/mol. The molecule has 0 bridgehead atoms. The molecule has 4 heterocycles. The lowest BCUT2D eigenvalue weighted by Gasteiger charge is -2.29. The van der Waals surface area contributed by atoms with Crippen molar-refractivity contribution in [1.82, 2.24) is 19.7 Å². The first-order valence-corrected chi connectivity index (χ1v) is 14.2. The predicted octanol–water partition coefficient (Wildman–Crippen LogP) is 4.04. The van der Waals surface area contributed by atoms with Crippen LogP contribution in [0.1, 0.15) is 58.2 Å². The number of carbonyl (C=O) groups is 1. The maximum atomic E-state index is 13.3. The largest absolute Gasteiger partial charge is 0.477 e. The molecule has 1 aliphatic carbocycles. The van der Waals surface area contributed by atoms with Crippen molar-refractivity contribution in [2.75, 3.05) is 17.2 Å². The van der Waals surface area contributed by atoms with E-state index in [4.69, 9.17) is 15.5 Å². The van der Waals surface area contributed by atoms with Crippen LogP contribution in [0.25, 0.3) is 11.3 Å². The summed E-state index contributed by atoms with van der Waals surface area (Å²) in [6.07, 6.45) is 5.91. The molecule has 10 nitrogen and oxygen atoms in total. The molecule has 1 amide bonds. The van der Waals surface area contributed by atoms with Crippen molar-refractivity contribution < 1.29 is 19.4 Å². The minimum absolute atomic E-state index is 0. The number of amides is 1. The molecular weight excluding hydrogens is 504 g/mol. The molecule has 1 saturated carbocycles. The van der Waals surface area contributed by atoms with E-state index in [1.54, 1.807) is 18.3 Å². The second-order valence-corrected chi connectivity index (χ2v) is 12.2. The fraction of sp³-hybridized carbons (Fsp3) is 0.407. The van der Waals surface area contributed by atoms with E-state index in [1.165, 1.54) is 31.0 Å². The van der Waals surface area contributed by atoms with Gasteiger partial charge in [-0.05, 0) is 69.9 Å². The second-order valence-electron chi connectivity index (χ2n) is 10.6. The van der Waals surface area contributed by atoms with E-state index in [9.17, 15) is 13.2 Å². The van der Waals surface area contributed by atoms with Gasteiger partial charge in [0.2, 0.25) is 5.88 Å². The lowest BCUT2D eigenvalue weighted by atomic mass is 10.1. The SMILES string of the molecule is C[C@@H]1CC[C@H](C)N1c1nc(-c2ccc(OCC3(C)CC3)nc2)ccc1C(=O)NS(=O)(=O)c1cccc(N)n1.[HH]. The van der Waals surface area contributed by atoms with Gasteiger partial charge in [-0.1, -0.05) is 13.0 Å². The molecule has 2 aliphatic rings. The fourth-order valence-corrected chi connectivity index (χ4v) is 5.57. The third kappa shape index (κ3) is 5.42. The Balaban J connectivity index is 0.00000353. The number of rotatable bonds is 8. The first kappa shape index (κ1) is 25.9. The van der Waals surface area contributed by atoms with E-state index in [0.717, 1.165) is 18.4 Å². The number of nitrogens with one attached hydrogen (secondary N) is 1. The van der Waals surface area contributed by atoms with Gasteiger partial charge in [-0.25, -0.2) is 19.7 Å². The van der Waals surface area contributed by atoms with Gasteiger partial charge in [0.15, 0.2) is 5.03 Å². The summed E-state index contributed by atoms with van der Waals surface area (Å²) >= 11 is 0. The summed E-state index contributed by atoms with van der Waals surface area (Å²) in [4.78, 5) is 28.5. The third-order valence-electron chi connectivity index (χ3n) is 7.27. The number of hydrogen-bond acceptors (Lipinski definition) is 9. The molecule has 2 fully saturated rings. The van der Waals surface area contributed by atoms with E-state index in [2.05, 4.69) is 40.4 Å². The molecule has 0 unspecified atom stereocenters. The first-order chi connectivity index (χ1) is 18.0. The molecule has 0 aromatic carbocycles. The van der Waals surface area contributed by atoms with E-state index < -0.39 is 15.9 Å². The Hall–Kier alpha value is -3.73. The minimum atomic E-state index is -4.24. The molecule has 38 heavy (non-hydrogen) atoms. The number of nitrogens with two attached hydrogens (primary N) is 1. The molecule has 11 heteroatoms. The highest BCUT2D eigenvalue weighted by molar-refractivity contribution is 7.90. The number of ether oxygens (including phenoxy) is 1. The number of anilines is 2. The maximum Gasteiger partial charge on any atom is 0.281 e.